The van der Waals surface area contributed by atoms with Gasteiger partial charge in [0.1, 0.15) is 10.8 Å². The van der Waals surface area contributed by atoms with Gasteiger partial charge in [-0.1, -0.05) is 23.2 Å². The molecule has 5 nitrogen and oxygen atoms in total. The van der Waals surface area contributed by atoms with E-state index in [0.717, 1.165) is 0 Å². The third kappa shape index (κ3) is 3.75. The van der Waals surface area contributed by atoms with E-state index in [1.165, 1.54) is 19.2 Å². The topological polar surface area (TPSA) is 68.3 Å². The molecule has 0 radical (unpaired) electrons. The summed E-state index contributed by atoms with van der Waals surface area (Å²) in [4.78, 5) is 27.5. The zero-order valence-corrected chi connectivity index (χ0v) is 13.3. The molecule has 0 aliphatic carbocycles. The Morgan fingerprint density at radius 2 is 1.91 bits per heavy atom. The molecule has 0 saturated heterocycles. The summed E-state index contributed by atoms with van der Waals surface area (Å²) in [5.41, 5.74) is 1.74. The third-order valence-electron chi connectivity index (χ3n) is 2.88. The Bertz CT molecular complexity index is 727. The van der Waals surface area contributed by atoms with Gasteiger partial charge in [-0.2, -0.15) is 0 Å². The first kappa shape index (κ1) is 16.3. The number of nitrogens with one attached hydrogen (secondary N) is 1. The molecule has 7 heteroatoms. The maximum atomic E-state index is 12.1. The first-order valence-corrected chi connectivity index (χ1v) is 6.99. The van der Waals surface area contributed by atoms with Crippen LogP contribution in [-0.2, 0) is 4.74 Å². The standard InChI is InChI=1S/C15H12Cl2N2O3/c1-8-5-10(3-4-11(8)15(21)22-2)18-14(20)12-6-9(16)7-13(17)19-12/h3-7H,1-2H3,(H,18,20). The number of carbonyl (C=O) groups is 2. The van der Waals surface area contributed by atoms with E-state index in [1.54, 1.807) is 25.1 Å². The van der Waals surface area contributed by atoms with Gasteiger partial charge in [-0.3, -0.25) is 4.79 Å². The van der Waals surface area contributed by atoms with Crippen LogP contribution in [0.2, 0.25) is 10.2 Å². The fourth-order valence-electron chi connectivity index (χ4n) is 1.86. The number of anilines is 1. The second-order valence-corrected chi connectivity index (χ2v) is 5.29. The van der Waals surface area contributed by atoms with Gasteiger partial charge in [0.2, 0.25) is 0 Å². The Morgan fingerprint density at radius 1 is 1.18 bits per heavy atom. The number of halogens is 2. The summed E-state index contributed by atoms with van der Waals surface area (Å²) < 4.78 is 4.67. The summed E-state index contributed by atoms with van der Waals surface area (Å²) in [6.45, 7) is 1.75. The Labute approximate surface area is 137 Å². The van der Waals surface area contributed by atoms with Crippen LogP contribution in [0.1, 0.15) is 26.4 Å². The lowest BCUT2D eigenvalue weighted by Crippen LogP contribution is -2.14. The van der Waals surface area contributed by atoms with Gasteiger partial charge in [-0.25, -0.2) is 9.78 Å². The van der Waals surface area contributed by atoms with Gasteiger partial charge in [-0.05, 0) is 42.8 Å². The van der Waals surface area contributed by atoms with Crippen LogP contribution in [0.3, 0.4) is 0 Å². The van der Waals surface area contributed by atoms with Crippen LogP contribution >= 0.6 is 23.2 Å². The number of hydrogen-bond acceptors (Lipinski definition) is 4. The molecule has 0 aliphatic heterocycles. The number of aromatic nitrogens is 1. The molecule has 1 heterocycles. The highest BCUT2D eigenvalue weighted by molar-refractivity contribution is 6.34. The van der Waals surface area contributed by atoms with E-state index in [9.17, 15) is 9.59 Å². The van der Waals surface area contributed by atoms with Gasteiger partial charge in [-0.15, -0.1) is 0 Å². The lowest BCUT2D eigenvalue weighted by Gasteiger charge is -2.09. The summed E-state index contributed by atoms with van der Waals surface area (Å²) in [6, 6.07) is 7.70. The van der Waals surface area contributed by atoms with Crippen molar-refractivity contribution in [2.24, 2.45) is 0 Å². The number of amides is 1. The molecular weight excluding hydrogens is 327 g/mol. The summed E-state index contributed by atoms with van der Waals surface area (Å²) in [5, 5.41) is 3.12. The van der Waals surface area contributed by atoms with Crippen LogP contribution < -0.4 is 5.32 Å². The van der Waals surface area contributed by atoms with Gasteiger partial charge in [0.05, 0.1) is 12.7 Å². The molecule has 0 unspecified atom stereocenters. The van der Waals surface area contributed by atoms with Gasteiger partial charge < -0.3 is 10.1 Å². The fourth-order valence-corrected chi connectivity index (χ4v) is 2.33. The fraction of sp³-hybridized carbons (Fsp3) is 0.133. The number of nitrogens with zero attached hydrogens (tertiary/aromatic N) is 1. The van der Waals surface area contributed by atoms with Crippen molar-refractivity contribution in [2.45, 2.75) is 6.92 Å². The second-order valence-electron chi connectivity index (χ2n) is 4.47. The number of benzene rings is 1. The minimum absolute atomic E-state index is 0.104. The van der Waals surface area contributed by atoms with Crippen molar-refractivity contribution in [3.63, 3.8) is 0 Å². The minimum atomic E-state index is -0.449. The van der Waals surface area contributed by atoms with Crippen LogP contribution in [0.5, 0.6) is 0 Å². The maximum absolute atomic E-state index is 12.1. The van der Waals surface area contributed by atoms with Crippen LogP contribution in [0.15, 0.2) is 30.3 Å². The number of aryl methyl sites for hydroxylation is 1. The molecule has 1 aromatic heterocycles. The lowest BCUT2D eigenvalue weighted by atomic mass is 10.1. The van der Waals surface area contributed by atoms with Crippen molar-refractivity contribution in [3.05, 3.63) is 57.3 Å². The van der Waals surface area contributed by atoms with E-state index < -0.39 is 11.9 Å². The highest BCUT2D eigenvalue weighted by Gasteiger charge is 2.13. The Balaban J connectivity index is 2.22. The van der Waals surface area contributed by atoms with Crippen molar-refractivity contribution in [1.29, 1.82) is 0 Å². The van der Waals surface area contributed by atoms with Crippen molar-refractivity contribution >= 4 is 40.8 Å². The molecule has 0 atom stereocenters. The zero-order valence-electron chi connectivity index (χ0n) is 11.8. The van der Waals surface area contributed by atoms with Crippen molar-refractivity contribution < 1.29 is 14.3 Å². The third-order valence-corrected chi connectivity index (χ3v) is 3.29. The number of hydrogen-bond donors (Lipinski definition) is 1. The van der Waals surface area contributed by atoms with Crippen LogP contribution in [0.25, 0.3) is 0 Å². The summed E-state index contributed by atoms with van der Waals surface area (Å²) in [6.07, 6.45) is 0. The Hall–Kier alpha value is -2.11. The molecule has 0 saturated carbocycles. The highest BCUT2D eigenvalue weighted by atomic mass is 35.5. The van der Waals surface area contributed by atoms with E-state index in [2.05, 4.69) is 15.0 Å². The number of methoxy groups -OCH3 is 1. The van der Waals surface area contributed by atoms with Gasteiger partial charge in [0, 0.05) is 10.7 Å². The number of esters is 1. The molecule has 1 N–H and O–H groups in total. The molecule has 114 valence electrons. The van der Waals surface area contributed by atoms with E-state index in [0.29, 0.717) is 21.8 Å². The van der Waals surface area contributed by atoms with Crippen molar-refractivity contribution in [1.82, 2.24) is 4.98 Å². The molecule has 0 fully saturated rings. The Kier molecular flexibility index (Phi) is 5.00. The molecule has 2 aromatic rings. The zero-order chi connectivity index (χ0) is 16.3. The summed E-state index contributed by atoms with van der Waals surface area (Å²) >= 11 is 11.6. The smallest absolute Gasteiger partial charge is 0.338 e. The molecule has 0 bridgehead atoms. The normalized spacial score (nSPS) is 10.2. The Morgan fingerprint density at radius 3 is 2.50 bits per heavy atom. The van der Waals surface area contributed by atoms with Crippen LogP contribution in [-0.4, -0.2) is 24.0 Å². The molecule has 2 rings (SSSR count). The lowest BCUT2D eigenvalue weighted by molar-refractivity contribution is 0.0600. The first-order valence-electron chi connectivity index (χ1n) is 6.24. The summed E-state index contributed by atoms with van der Waals surface area (Å²) in [5.74, 6) is -0.881. The second kappa shape index (κ2) is 6.77. The first-order chi connectivity index (χ1) is 10.4. The quantitative estimate of drug-likeness (QED) is 0.683. The number of rotatable bonds is 3. The van der Waals surface area contributed by atoms with E-state index in [4.69, 9.17) is 23.2 Å². The molecule has 22 heavy (non-hydrogen) atoms. The molecular formula is C15H12Cl2N2O3. The maximum Gasteiger partial charge on any atom is 0.338 e. The molecule has 1 aromatic carbocycles. The van der Waals surface area contributed by atoms with Crippen molar-refractivity contribution in [2.75, 3.05) is 12.4 Å². The van der Waals surface area contributed by atoms with E-state index >= 15 is 0 Å². The molecule has 0 spiro atoms. The van der Waals surface area contributed by atoms with Crippen LogP contribution in [0, 0.1) is 6.92 Å². The minimum Gasteiger partial charge on any atom is -0.465 e. The molecule has 1 amide bonds. The monoisotopic (exact) mass is 338 g/mol. The number of pyridine rings is 1. The molecule has 0 aliphatic rings. The van der Waals surface area contributed by atoms with E-state index in [-0.39, 0.29) is 10.8 Å². The van der Waals surface area contributed by atoms with Gasteiger partial charge >= 0.3 is 5.97 Å². The van der Waals surface area contributed by atoms with Gasteiger partial charge in [0.25, 0.3) is 5.91 Å². The number of ether oxygens (including phenoxy) is 1. The average molecular weight is 339 g/mol. The largest absolute Gasteiger partial charge is 0.465 e. The van der Waals surface area contributed by atoms with E-state index in [1.807, 2.05) is 0 Å². The average Bonchev–Trinajstić information content (AvgIpc) is 2.45. The SMILES string of the molecule is COC(=O)c1ccc(NC(=O)c2cc(Cl)cc(Cl)n2)cc1C. The van der Waals surface area contributed by atoms with Gasteiger partial charge in [0.15, 0.2) is 0 Å². The predicted molar refractivity (Wildman–Crippen MR) is 84.7 cm³/mol. The number of carbonyl (C=O) groups excluding carboxylic acids is 2. The van der Waals surface area contributed by atoms with Crippen LogP contribution in [0.4, 0.5) is 5.69 Å². The predicted octanol–water partition coefficient (Wildman–Crippen LogP) is 3.74. The highest BCUT2D eigenvalue weighted by Crippen LogP contribution is 2.19. The van der Waals surface area contributed by atoms with Crippen molar-refractivity contribution in [3.8, 4) is 0 Å². The summed E-state index contributed by atoms with van der Waals surface area (Å²) in [7, 11) is 1.31.